The van der Waals surface area contributed by atoms with Gasteiger partial charge in [0.1, 0.15) is 6.33 Å². The van der Waals surface area contributed by atoms with Gasteiger partial charge >= 0.3 is 0 Å². The van der Waals surface area contributed by atoms with Gasteiger partial charge in [-0.2, -0.15) is 0 Å². The maximum atomic E-state index is 5.52. The molecular weight excluding hydrogens is 304 g/mol. The molecule has 8 heteroatoms. The number of nitrogens with two attached hydrogens (primary N) is 1. The predicted molar refractivity (Wildman–Crippen MR) is 87.3 cm³/mol. The van der Waals surface area contributed by atoms with Crippen molar-refractivity contribution < 1.29 is 0 Å². The van der Waals surface area contributed by atoms with Gasteiger partial charge in [0.2, 0.25) is 5.95 Å². The van der Waals surface area contributed by atoms with Crippen LogP contribution in [0.5, 0.6) is 0 Å². The standard InChI is InChI=1S/C16H16N8/c17-16-21-3-11(4-22-16)8-24-2-1-14-13(9-24)7-20-15(23-14)12-5-18-10-19-6-12/h3-7,10H,1-2,8-9H2,(H2,17,21,22). The smallest absolute Gasteiger partial charge is 0.219 e. The van der Waals surface area contributed by atoms with E-state index in [9.17, 15) is 0 Å². The topological polar surface area (TPSA) is 107 Å². The summed E-state index contributed by atoms with van der Waals surface area (Å²) in [7, 11) is 0. The number of nitrogens with zero attached hydrogens (tertiary/aromatic N) is 7. The van der Waals surface area contributed by atoms with Crippen LogP contribution < -0.4 is 5.73 Å². The van der Waals surface area contributed by atoms with Crippen LogP contribution in [0.2, 0.25) is 0 Å². The van der Waals surface area contributed by atoms with Gasteiger partial charge < -0.3 is 5.73 Å². The molecule has 0 unspecified atom stereocenters. The molecule has 3 aromatic heterocycles. The normalized spacial score (nSPS) is 14.3. The first-order valence-corrected chi connectivity index (χ1v) is 7.67. The number of hydrogen-bond acceptors (Lipinski definition) is 8. The molecule has 0 saturated carbocycles. The molecular formula is C16H16N8. The van der Waals surface area contributed by atoms with Crippen molar-refractivity contribution in [2.24, 2.45) is 0 Å². The van der Waals surface area contributed by atoms with Crippen molar-refractivity contribution in [1.29, 1.82) is 0 Å². The maximum Gasteiger partial charge on any atom is 0.219 e. The minimum atomic E-state index is 0.300. The Labute approximate surface area is 138 Å². The second-order valence-corrected chi connectivity index (χ2v) is 5.70. The molecule has 4 heterocycles. The summed E-state index contributed by atoms with van der Waals surface area (Å²) < 4.78 is 0. The Balaban J connectivity index is 1.50. The molecule has 0 fully saturated rings. The highest BCUT2D eigenvalue weighted by molar-refractivity contribution is 5.52. The highest BCUT2D eigenvalue weighted by Gasteiger charge is 2.19. The van der Waals surface area contributed by atoms with Crippen molar-refractivity contribution in [2.45, 2.75) is 19.5 Å². The van der Waals surface area contributed by atoms with Crippen molar-refractivity contribution in [3.63, 3.8) is 0 Å². The monoisotopic (exact) mass is 320 g/mol. The molecule has 120 valence electrons. The van der Waals surface area contributed by atoms with Gasteiger partial charge in [-0.05, 0) is 0 Å². The van der Waals surface area contributed by atoms with Crippen molar-refractivity contribution in [1.82, 2.24) is 34.8 Å². The van der Waals surface area contributed by atoms with Gasteiger partial charge in [-0.25, -0.2) is 29.9 Å². The third kappa shape index (κ3) is 3.04. The van der Waals surface area contributed by atoms with E-state index >= 15 is 0 Å². The molecule has 8 nitrogen and oxygen atoms in total. The average Bonchev–Trinajstić information content (AvgIpc) is 2.64. The molecule has 0 spiro atoms. The fraction of sp³-hybridized carbons (Fsp3) is 0.250. The number of hydrogen-bond donors (Lipinski definition) is 1. The van der Waals surface area contributed by atoms with Gasteiger partial charge in [-0.15, -0.1) is 0 Å². The molecule has 0 amide bonds. The van der Waals surface area contributed by atoms with Crippen molar-refractivity contribution in [3.8, 4) is 11.4 Å². The van der Waals surface area contributed by atoms with E-state index in [1.807, 2.05) is 6.20 Å². The Morgan fingerprint density at radius 1 is 1.00 bits per heavy atom. The van der Waals surface area contributed by atoms with E-state index in [1.54, 1.807) is 24.8 Å². The molecule has 3 aromatic rings. The van der Waals surface area contributed by atoms with E-state index in [2.05, 4.69) is 34.8 Å². The summed E-state index contributed by atoms with van der Waals surface area (Å²) in [5.41, 5.74) is 9.65. The minimum Gasteiger partial charge on any atom is -0.368 e. The average molecular weight is 320 g/mol. The Hall–Kier alpha value is -3.00. The molecule has 24 heavy (non-hydrogen) atoms. The predicted octanol–water partition coefficient (Wildman–Crippen LogP) is 0.864. The van der Waals surface area contributed by atoms with Crippen LogP contribution in [0.3, 0.4) is 0 Å². The first-order valence-electron chi connectivity index (χ1n) is 7.67. The van der Waals surface area contributed by atoms with E-state index in [1.165, 1.54) is 6.33 Å². The summed E-state index contributed by atoms with van der Waals surface area (Å²) in [5.74, 6) is 0.975. The van der Waals surface area contributed by atoms with Crippen molar-refractivity contribution in [2.75, 3.05) is 12.3 Å². The third-order valence-corrected chi connectivity index (χ3v) is 3.96. The van der Waals surface area contributed by atoms with Crippen molar-refractivity contribution >= 4 is 5.95 Å². The van der Waals surface area contributed by atoms with Gasteiger partial charge in [-0.3, -0.25) is 4.90 Å². The number of fused-ring (bicyclic) bond motifs is 1. The lowest BCUT2D eigenvalue weighted by atomic mass is 10.1. The quantitative estimate of drug-likeness (QED) is 0.757. The van der Waals surface area contributed by atoms with E-state index in [0.29, 0.717) is 11.8 Å². The number of rotatable bonds is 3. The van der Waals surface area contributed by atoms with Gasteiger partial charge in [0, 0.05) is 68.2 Å². The summed E-state index contributed by atoms with van der Waals surface area (Å²) in [5, 5.41) is 0. The maximum absolute atomic E-state index is 5.52. The Morgan fingerprint density at radius 3 is 2.58 bits per heavy atom. The fourth-order valence-electron chi connectivity index (χ4n) is 2.77. The van der Waals surface area contributed by atoms with Gasteiger partial charge in [-0.1, -0.05) is 0 Å². The highest BCUT2D eigenvalue weighted by Crippen LogP contribution is 2.21. The fourth-order valence-corrected chi connectivity index (χ4v) is 2.77. The Morgan fingerprint density at radius 2 is 1.79 bits per heavy atom. The van der Waals surface area contributed by atoms with Gasteiger partial charge in [0.05, 0.1) is 11.3 Å². The largest absolute Gasteiger partial charge is 0.368 e. The van der Waals surface area contributed by atoms with Crippen LogP contribution >= 0.6 is 0 Å². The Kier molecular flexibility index (Phi) is 3.80. The number of aromatic nitrogens is 6. The van der Waals surface area contributed by atoms with Crippen LogP contribution in [0.1, 0.15) is 16.8 Å². The molecule has 0 saturated heterocycles. The molecule has 4 rings (SSSR count). The van der Waals surface area contributed by atoms with Crippen LogP contribution in [0.15, 0.2) is 37.3 Å². The molecule has 0 aliphatic carbocycles. The summed E-state index contributed by atoms with van der Waals surface area (Å²) in [6.07, 6.45) is 11.3. The van der Waals surface area contributed by atoms with Crippen LogP contribution in [-0.4, -0.2) is 41.3 Å². The summed E-state index contributed by atoms with van der Waals surface area (Å²) in [4.78, 5) is 27.6. The van der Waals surface area contributed by atoms with Crippen LogP contribution in [0, 0.1) is 0 Å². The highest BCUT2D eigenvalue weighted by atomic mass is 15.1. The molecule has 0 bridgehead atoms. The lowest BCUT2D eigenvalue weighted by molar-refractivity contribution is 0.242. The molecule has 0 radical (unpaired) electrons. The van der Waals surface area contributed by atoms with E-state index < -0.39 is 0 Å². The summed E-state index contributed by atoms with van der Waals surface area (Å²) >= 11 is 0. The SMILES string of the molecule is Nc1ncc(CN2CCc3nc(-c4cncnc4)ncc3C2)cn1. The number of anilines is 1. The molecule has 1 aliphatic rings. The van der Waals surface area contributed by atoms with E-state index in [0.717, 1.165) is 48.4 Å². The van der Waals surface area contributed by atoms with E-state index in [4.69, 9.17) is 5.73 Å². The summed E-state index contributed by atoms with van der Waals surface area (Å²) in [6, 6.07) is 0. The van der Waals surface area contributed by atoms with Gasteiger partial charge in [0.15, 0.2) is 5.82 Å². The third-order valence-electron chi connectivity index (χ3n) is 3.96. The first kappa shape index (κ1) is 14.6. The second-order valence-electron chi connectivity index (χ2n) is 5.70. The zero-order valence-electron chi connectivity index (χ0n) is 13.0. The Bertz CT molecular complexity index is 834. The lowest BCUT2D eigenvalue weighted by Gasteiger charge is -2.27. The molecule has 2 N–H and O–H groups in total. The van der Waals surface area contributed by atoms with Crippen LogP contribution in [0.4, 0.5) is 5.95 Å². The molecule has 1 aliphatic heterocycles. The van der Waals surface area contributed by atoms with Crippen LogP contribution in [0.25, 0.3) is 11.4 Å². The van der Waals surface area contributed by atoms with E-state index in [-0.39, 0.29) is 0 Å². The van der Waals surface area contributed by atoms with Crippen LogP contribution in [-0.2, 0) is 19.5 Å². The molecule has 0 aromatic carbocycles. The molecule has 0 atom stereocenters. The summed E-state index contributed by atoms with van der Waals surface area (Å²) in [6.45, 7) is 2.53. The first-order chi connectivity index (χ1) is 11.8. The van der Waals surface area contributed by atoms with Gasteiger partial charge in [0.25, 0.3) is 0 Å². The second kappa shape index (κ2) is 6.25. The minimum absolute atomic E-state index is 0.300. The number of nitrogen functional groups attached to an aromatic ring is 1. The lowest BCUT2D eigenvalue weighted by Crippen LogP contribution is -2.31. The zero-order chi connectivity index (χ0) is 16.4. The zero-order valence-corrected chi connectivity index (χ0v) is 13.0. The van der Waals surface area contributed by atoms with Crippen molar-refractivity contribution in [3.05, 3.63) is 54.1 Å².